The van der Waals surface area contributed by atoms with E-state index in [9.17, 15) is 8.42 Å². The highest BCUT2D eigenvalue weighted by Crippen LogP contribution is 2.35. The molecule has 0 aromatic carbocycles. The van der Waals surface area contributed by atoms with Crippen molar-refractivity contribution in [3.63, 3.8) is 0 Å². The number of aromatic nitrogens is 3. The third-order valence-corrected chi connectivity index (χ3v) is 6.38. The SMILES string of the molecule is COCCn1c(CN2CCN(S(C)(=O)=O)CC2)nnc1C1CC(N)C1. The Morgan fingerprint density at radius 3 is 2.44 bits per heavy atom. The Hall–Kier alpha value is -1.07. The molecule has 0 bridgehead atoms. The zero-order valence-electron chi connectivity index (χ0n) is 15.0. The monoisotopic (exact) mass is 372 g/mol. The van der Waals surface area contributed by atoms with E-state index in [1.807, 2.05) is 0 Å². The van der Waals surface area contributed by atoms with Gasteiger partial charge in [0.05, 0.1) is 19.4 Å². The van der Waals surface area contributed by atoms with Crippen molar-refractivity contribution in [2.24, 2.45) is 5.73 Å². The van der Waals surface area contributed by atoms with E-state index in [4.69, 9.17) is 10.5 Å². The molecule has 1 aliphatic carbocycles. The molecule has 1 aromatic rings. The number of hydrogen-bond acceptors (Lipinski definition) is 7. The molecule has 2 N–H and O–H groups in total. The zero-order chi connectivity index (χ0) is 18.0. The van der Waals surface area contributed by atoms with Crippen molar-refractivity contribution in [2.45, 2.75) is 37.9 Å². The van der Waals surface area contributed by atoms with Crippen molar-refractivity contribution in [1.29, 1.82) is 0 Å². The van der Waals surface area contributed by atoms with Crippen LogP contribution in [0.15, 0.2) is 0 Å². The Bertz CT molecular complexity index is 677. The van der Waals surface area contributed by atoms with Crippen LogP contribution < -0.4 is 5.73 Å². The minimum absolute atomic E-state index is 0.269. The molecule has 9 nitrogen and oxygen atoms in total. The van der Waals surface area contributed by atoms with Gasteiger partial charge in [-0.1, -0.05) is 0 Å². The minimum atomic E-state index is -3.11. The van der Waals surface area contributed by atoms with Crippen LogP contribution in [0.2, 0.25) is 0 Å². The summed E-state index contributed by atoms with van der Waals surface area (Å²) in [6.07, 6.45) is 3.18. The Balaban J connectivity index is 1.66. The summed E-state index contributed by atoms with van der Waals surface area (Å²) in [6.45, 7) is 4.46. The third-order valence-electron chi connectivity index (χ3n) is 5.08. The Kier molecular flexibility index (Phi) is 5.74. The van der Waals surface area contributed by atoms with Crippen LogP contribution in [-0.4, -0.2) is 84.6 Å². The lowest BCUT2D eigenvalue weighted by atomic mass is 9.80. The number of rotatable bonds is 7. The molecule has 2 fully saturated rings. The van der Waals surface area contributed by atoms with Crippen LogP contribution in [0.1, 0.15) is 30.4 Å². The van der Waals surface area contributed by atoms with Gasteiger partial charge >= 0.3 is 0 Å². The van der Waals surface area contributed by atoms with Crippen molar-refractivity contribution >= 4 is 10.0 Å². The summed E-state index contributed by atoms with van der Waals surface area (Å²) >= 11 is 0. The van der Waals surface area contributed by atoms with Crippen molar-refractivity contribution in [2.75, 3.05) is 46.2 Å². The predicted molar refractivity (Wildman–Crippen MR) is 93.5 cm³/mol. The molecule has 3 rings (SSSR count). The van der Waals surface area contributed by atoms with Crippen molar-refractivity contribution in [3.05, 3.63) is 11.6 Å². The quantitative estimate of drug-likeness (QED) is 0.668. The van der Waals surface area contributed by atoms with Crippen molar-refractivity contribution in [3.8, 4) is 0 Å². The first-order valence-corrected chi connectivity index (χ1v) is 10.6. The highest BCUT2D eigenvalue weighted by Gasteiger charge is 2.32. The van der Waals surface area contributed by atoms with E-state index >= 15 is 0 Å². The van der Waals surface area contributed by atoms with E-state index in [2.05, 4.69) is 19.7 Å². The molecule has 25 heavy (non-hydrogen) atoms. The first kappa shape index (κ1) is 18.7. The second kappa shape index (κ2) is 7.67. The predicted octanol–water partition coefficient (Wildman–Crippen LogP) is -0.794. The smallest absolute Gasteiger partial charge is 0.211 e. The molecule has 1 aromatic heterocycles. The fraction of sp³-hybridized carbons (Fsp3) is 0.867. The van der Waals surface area contributed by atoms with Crippen LogP contribution >= 0.6 is 0 Å². The van der Waals surface area contributed by atoms with Crippen LogP contribution in [0.3, 0.4) is 0 Å². The van der Waals surface area contributed by atoms with E-state index in [1.54, 1.807) is 7.11 Å². The van der Waals surface area contributed by atoms with Gasteiger partial charge in [-0.2, -0.15) is 4.31 Å². The highest BCUT2D eigenvalue weighted by atomic mass is 32.2. The molecule has 1 aliphatic heterocycles. The molecule has 0 unspecified atom stereocenters. The summed E-state index contributed by atoms with van der Waals surface area (Å²) in [4.78, 5) is 2.23. The number of sulfonamides is 1. The standard InChI is InChI=1S/C15H28N6O3S/c1-24-8-7-21-14(17-18-15(21)12-9-13(16)10-12)11-19-3-5-20(6-4-19)25(2,22)23/h12-13H,3-11,16H2,1-2H3. The van der Waals surface area contributed by atoms with Crippen LogP contribution in [0.25, 0.3) is 0 Å². The lowest BCUT2D eigenvalue weighted by molar-refractivity contribution is 0.167. The summed E-state index contributed by atoms with van der Waals surface area (Å²) in [5.41, 5.74) is 5.92. The summed E-state index contributed by atoms with van der Waals surface area (Å²) in [6, 6.07) is 0.269. The minimum Gasteiger partial charge on any atom is -0.383 e. The van der Waals surface area contributed by atoms with Gasteiger partial charge in [0.25, 0.3) is 0 Å². The maximum Gasteiger partial charge on any atom is 0.211 e. The van der Waals surface area contributed by atoms with Crippen LogP contribution in [-0.2, 0) is 27.8 Å². The molecule has 0 amide bonds. The molecule has 142 valence electrons. The second-order valence-corrected chi connectivity index (χ2v) is 8.97. The summed E-state index contributed by atoms with van der Waals surface area (Å²) in [5.74, 6) is 2.30. The lowest BCUT2D eigenvalue weighted by Gasteiger charge is -2.33. The fourth-order valence-corrected chi connectivity index (χ4v) is 4.31. The van der Waals surface area contributed by atoms with Gasteiger partial charge in [-0.25, -0.2) is 8.42 Å². The number of hydrogen-bond donors (Lipinski definition) is 1. The average molecular weight is 372 g/mol. The summed E-state index contributed by atoms with van der Waals surface area (Å²) in [5, 5.41) is 8.82. The number of ether oxygens (including phenoxy) is 1. The average Bonchev–Trinajstić information content (AvgIpc) is 2.91. The molecule has 10 heteroatoms. The molecule has 0 spiro atoms. The topological polar surface area (TPSA) is 107 Å². The molecule has 0 atom stereocenters. The van der Waals surface area contributed by atoms with Crippen LogP contribution in [0, 0.1) is 0 Å². The first-order valence-electron chi connectivity index (χ1n) is 8.72. The molecular weight excluding hydrogens is 344 g/mol. The van der Waals surface area contributed by atoms with E-state index in [1.165, 1.54) is 10.6 Å². The van der Waals surface area contributed by atoms with Crippen LogP contribution in [0.4, 0.5) is 0 Å². The Morgan fingerprint density at radius 2 is 1.88 bits per heavy atom. The molecule has 1 saturated carbocycles. The molecular formula is C15H28N6O3S. The number of nitrogens with zero attached hydrogens (tertiary/aromatic N) is 5. The first-order chi connectivity index (χ1) is 11.9. The number of methoxy groups -OCH3 is 1. The summed E-state index contributed by atoms with van der Waals surface area (Å²) in [7, 11) is -1.42. The van der Waals surface area contributed by atoms with E-state index in [-0.39, 0.29) is 6.04 Å². The largest absolute Gasteiger partial charge is 0.383 e. The number of nitrogens with two attached hydrogens (primary N) is 1. The number of piperazine rings is 1. The highest BCUT2D eigenvalue weighted by molar-refractivity contribution is 7.88. The molecule has 1 saturated heterocycles. The van der Waals surface area contributed by atoms with Gasteiger partial charge < -0.3 is 15.0 Å². The zero-order valence-corrected chi connectivity index (χ0v) is 15.8. The Morgan fingerprint density at radius 1 is 1.20 bits per heavy atom. The normalized spacial score (nSPS) is 25.9. The van der Waals surface area contributed by atoms with Gasteiger partial charge in [0.15, 0.2) is 0 Å². The maximum absolute atomic E-state index is 11.6. The van der Waals surface area contributed by atoms with E-state index in [0.717, 1.165) is 31.0 Å². The molecule has 2 heterocycles. The van der Waals surface area contributed by atoms with Crippen molar-refractivity contribution in [1.82, 2.24) is 24.0 Å². The van der Waals surface area contributed by atoms with Gasteiger partial charge in [-0.15, -0.1) is 10.2 Å². The molecule has 0 radical (unpaired) electrons. The van der Waals surface area contributed by atoms with Gasteiger partial charge in [0.1, 0.15) is 11.6 Å². The van der Waals surface area contributed by atoms with Crippen LogP contribution in [0.5, 0.6) is 0 Å². The molecule has 2 aliphatic rings. The van der Waals surface area contributed by atoms with Crippen molar-refractivity contribution < 1.29 is 13.2 Å². The second-order valence-electron chi connectivity index (χ2n) is 6.99. The van der Waals surface area contributed by atoms with Gasteiger partial charge in [-0.3, -0.25) is 4.90 Å². The van der Waals surface area contributed by atoms with E-state index < -0.39 is 10.0 Å². The fourth-order valence-electron chi connectivity index (χ4n) is 3.49. The Labute approximate surface area is 149 Å². The van der Waals surface area contributed by atoms with Gasteiger partial charge in [-0.05, 0) is 12.8 Å². The lowest BCUT2D eigenvalue weighted by Crippen LogP contribution is -2.48. The third kappa shape index (κ3) is 4.37. The van der Waals surface area contributed by atoms with Gasteiger partial charge in [0, 0.05) is 51.8 Å². The maximum atomic E-state index is 11.6. The van der Waals surface area contributed by atoms with Gasteiger partial charge in [0.2, 0.25) is 10.0 Å². The summed E-state index contributed by atoms with van der Waals surface area (Å²) < 4.78 is 32.2. The van der Waals surface area contributed by atoms with E-state index in [0.29, 0.717) is 45.2 Å².